The number of benzene rings is 1. The Morgan fingerprint density at radius 1 is 1.32 bits per heavy atom. The summed E-state index contributed by atoms with van der Waals surface area (Å²) in [6.07, 6.45) is 1.03. The second kappa shape index (κ2) is 6.68. The summed E-state index contributed by atoms with van der Waals surface area (Å²) in [7, 11) is 1.95. The zero-order valence-electron chi connectivity index (χ0n) is 11.6. The molecule has 0 radical (unpaired) electrons. The molecule has 3 nitrogen and oxygen atoms in total. The van der Waals surface area contributed by atoms with E-state index in [1.54, 1.807) is 11.3 Å². The smallest absolute Gasteiger partial charge is 0.123 e. The van der Waals surface area contributed by atoms with Gasteiger partial charge in [-0.15, -0.1) is 11.3 Å². The van der Waals surface area contributed by atoms with Crippen molar-refractivity contribution in [2.75, 3.05) is 13.7 Å². The van der Waals surface area contributed by atoms with Gasteiger partial charge in [0.15, 0.2) is 0 Å². The lowest BCUT2D eigenvalue weighted by Gasteiger charge is -2.06. The summed E-state index contributed by atoms with van der Waals surface area (Å²) in [6, 6.07) is 8.44. The van der Waals surface area contributed by atoms with E-state index in [1.807, 2.05) is 19.2 Å². The number of thiazole rings is 1. The van der Waals surface area contributed by atoms with Crippen molar-refractivity contribution >= 4 is 11.3 Å². The van der Waals surface area contributed by atoms with Crippen molar-refractivity contribution in [3.05, 3.63) is 35.3 Å². The van der Waals surface area contributed by atoms with Gasteiger partial charge in [-0.25, -0.2) is 4.98 Å². The summed E-state index contributed by atoms with van der Waals surface area (Å²) in [5, 5.41) is 6.37. The van der Waals surface area contributed by atoms with E-state index in [2.05, 4.69) is 41.7 Å². The van der Waals surface area contributed by atoms with E-state index in [1.165, 1.54) is 0 Å². The molecule has 1 atom stereocenters. The molecule has 0 aliphatic rings. The number of rotatable bonds is 6. The van der Waals surface area contributed by atoms with Crippen LogP contribution in [0.4, 0.5) is 0 Å². The van der Waals surface area contributed by atoms with E-state index in [0.717, 1.165) is 35.0 Å². The van der Waals surface area contributed by atoms with Crippen LogP contribution in [0.15, 0.2) is 29.6 Å². The Kier molecular flexibility index (Phi) is 4.93. The number of nitrogens with zero attached hydrogens (tertiary/aromatic N) is 1. The van der Waals surface area contributed by atoms with Gasteiger partial charge in [-0.3, -0.25) is 0 Å². The Hall–Kier alpha value is -1.39. The first kappa shape index (κ1) is 14.0. The maximum Gasteiger partial charge on any atom is 0.123 e. The molecule has 2 rings (SSSR count). The van der Waals surface area contributed by atoms with Crippen LogP contribution in [-0.2, 0) is 0 Å². The van der Waals surface area contributed by atoms with Crippen LogP contribution in [0.5, 0.6) is 5.75 Å². The van der Waals surface area contributed by atoms with Crippen LogP contribution in [0.25, 0.3) is 10.6 Å². The van der Waals surface area contributed by atoms with Gasteiger partial charge < -0.3 is 10.1 Å². The fourth-order valence-corrected chi connectivity index (χ4v) is 2.60. The second-order valence-electron chi connectivity index (χ2n) is 4.46. The SMILES string of the molecule is CCCOc1ccc(-c2nc(C(C)NC)cs2)cc1. The van der Waals surface area contributed by atoms with Gasteiger partial charge >= 0.3 is 0 Å². The van der Waals surface area contributed by atoms with Gasteiger partial charge in [0.25, 0.3) is 0 Å². The van der Waals surface area contributed by atoms with E-state index >= 15 is 0 Å². The normalized spacial score (nSPS) is 12.4. The van der Waals surface area contributed by atoms with Gasteiger partial charge in [-0.1, -0.05) is 6.92 Å². The van der Waals surface area contributed by atoms with Gasteiger partial charge in [0.05, 0.1) is 12.3 Å². The maximum absolute atomic E-state index is 5.58. The van der Waals surface area contributed by atoms with Gasteiger partial charge in [0, 0.05) is 17.0 Å². The van der Waals surface area contributed by atoms with E-state index in [9.17, 15) is 0 Å². The predicted octanol–water partition coefficient (Wildman–Crippen LogP) is 3.88. The summed E-state index contributed by atoms with van der Waals surface area (Å²) in [5.41, 5.74) is 2.23. The Bertz CT molecular complexity index is 507. The molecule has 19 heavy (non-hydrogen) atoms. The fourth-order valence-electron chi connectivity index (χ4n) is 1.68. The molecule has 2 aromatic rings. The van der Waals surface area contributed by atoms with Crippen LogP contribution >= 0.6 is 11.3 Å². The topological polar surface area (TPSA) is 34.1 Å². The molecule has 1 N–H and O–H groups in total. The van der Waals surface area contributed by atoms with Crippen LogP contribution < -0.4 is 10.1 Å². The van der Waals surface area contributed by atoms with Crippen molar-refractivity contribution in [1.82, 2.24) is 10.3 Å². The summed E-state index contributed by atoms with van der Waals surface area (Å²) in [5.74, 6) is 0.922. The highest BCUT2D eigenvalue weighted by Gasteiger charge is 2.09. The molecule has 102 valence electrons. The molecule has 1 unspecified atom stereocenters. The number of hydrogen-bond donors (Lipinski definition) is 1. The lowest BCUT2D eigenvalue weighted by molar-refractivity contribution is 0.317. The van der Waals surface area contributed by atoms with Crippen molar-refractivity contribution in [2.45, 2.75) is 26.3 Å². The molecule has 0 saturated carbocycles. The number of aromatic nitrogens is 1. The van der Waals surface area contributed by atoms with E-state index in [0.29, 0.717) is 0 Å². The average Bonchev–Trinajstić information content (AvgIpc) is 2.94. The van der Waals surface area contributed by atoms with Gasteiger partial charge in [-0.05, 0) is 44.7 Å². The van der Waals surface area contributed by atoms with Gasteiger partial charge in [-0.2, -0.15) is 0 Å². The molecular weight excluding hydrogens is 256 g/mol. The Morgan fingerprint density at radius 3 is 2.68 bits per heavy atom. The largest absolute Gasteiger partial charge is 0.494 e. The van der Waals surface area contributed by atoms with E-state index < -0.39 is 0 Å². The van der Waals surface area contributed by atoms with Gasteiger partial charge in [0.2, 0.25) is 0 Å². The molecule has 0 saturated heterocycles. The summed E-state index contributed by atoms with van der Waals surface area (Å²) < 4.78 is 5.58. The monoisotopic (exact) mass is 276 g/mol. The lowest BCUT2D eigenvalue weighted by atomic mass is 10.2. The van der Waals surface area contributed by atoms with E-state index in [4.69, 9.17) is 4.74 Å². The Balaban J connectivity index is 2.11. The highest BCUT2D eigenvalue weighted by molar-refractivity contribution is 7.13. The molecule has 0 bridgehead atoms. The van der Waals surface area contributed by atoms with Crippen molar-refractivity contribution in [1.29, 1.82) is 0 Å². The molecule has 1 aromatic heterocycles. The number of hydrogen-bond acceptors (Lipinski definition) is 4. The molecule has 0 aliphatic carbocycles. The van der Waals surface area contributed by atoms with Crippen LogP contribution in [0.2, 0.25) is 0 Å². The molecule has 1 heterocycles. The third kappa shape index (κ3) is 3.55. The maximum atomic E-state index is 5.58. The van der Waals surface area contributed by atoms with Crippen molar-refractivity contribution in [3.8, 4) is 16.3 Å². The second-order valence-corrected chi connectivity index (χ2v) is 5.32. The predicted molar refractivity (Wildman–Crippen MR) is 80.8 cm³/mol. The van der Waals surface area contributed by atoms with Crippen LogP contribution in [0.3, 0.4) is 0 Å². The van der Waals surface area contributed by atoms with Crippen LogP contribution in [0.1, 0.15) is 32.0 Å². The van der Waals surface area contributed by atoms with Crippen molar-refractivity contribution in [3.63, 3.8) is 0 Å². The molecule has 0 spiro atoms. The molecular formula is C15H20N2OS. The first-order chi connectivity index (χ1) is 9.24. The summed E-state index contributed by atoms with van der Waals surface area (Å²) in [6.45, 7) is 4.98. The minimum absolute atomic E-state index is 0.289. The minimum Gasteiger partial charge on any atom is -0.494 e. The highest BCUT2D eigenvalue weighted by atomic mass is 32.1. The minimum atomic E-state index is 0.289. The van der Waals surface area contributed by atoms with Crippen LogP contribution in [0, 0.1) is 0 Å². The first-order valence-corrected chi connectivity index (χ1v) is 7.48. The zero-order valence-corrected chi connectivity index (χ0v) is 12.5. The summed E-state index contributed by atoms with van der Waals surface area (Å²) in [4.78, 5) is 4.66. The average molecular weight is 276 g/mol. The molecule has 4 heteroatoms. The fraction of sp³-hybridized carbons (Fsp3) is 0.400. The highest BCUT2D eigenvalue weighted by Crippen LogP contribution is 2.27. The quantitative estimate of drug-likeness (QED) is 0.869. The Morgan fingerprint density at radius 2 is 2.05 bits per heavy atom. The van der Waals surface area contributed by atoms with Gasteiger partial charge in [0.1, 0.15) is 10.8 Å². The zero-order chi connectivity index (χ0) is 13.7. The Labute approximate surface area is 118 Å². The van der Waals surface area contributed by atoms with Crippen molar-refractivity contribution in [2.24, 2.45) is 0 Å². The molecule has 0 fully saturated rings. The standard InChI is InChI=1S/C15H20N2OS/c1-4-9-18-13-7-5-12(6-8-13)15-17-14(10-19-15)11(2)16-3/h5-8,10-11,16H,4,9H2,1-3H3. The summed E-state index contributed by atoms with van der Waals surface area (Å²) >= 11 is 1.68. The first-order valence-electron chi connectivity index (χ1n) is 6.60. The molecule has 0 amide bonds. The third-order valence-electron chi connectivity index (χ3n) is 2.97. The molecule has 1 aromatic carbocycles. The lowest BCUT2D eigenvalue weighted by Crippen LogP contribution is -2.12. The number of ether oxygens (including phenoxy) is 1. The number of nitrogens with one attached hydrogen (secondary N) is 1. The van der Waals surface area contributed by atoms with E-state index in [-0.39, 0.29) is 6.04 Å². The van der Waals surface area contributed by atoms with Crippen LogP contribution in [-0.4, -0.2) is 18.6 Å². The molecule has 0 aliphatic heterocycles. The van der Waals surface area contributed by atoms with Crippen molar-refractivity contribution < 1.29 is 4.74 Å². The third-order valence-corrected chi connectivity index (χ3v) is 3.88.